The molecule has 106 valence electrons. The molecule has 0 spiro atoms. The summed E-state index contributed by atoms with van der Waals surface area (Å²) in [6, 6.07) is 1.43. The SMILES string of the molecule is COC(C)(C)C(=O)N(C)Cc1cc(C(=O)O)c(C)o1. The highest BCUT2D eigenvalue weighted by Gasteiger charge is 2.30. The van der Waals surface area contributed by atoms with Crippen LogP contribution in [0, 0.1) is 6.92 Å². The number of rotatable bonds is 5. The van der Waals surface area contributed by atoms with Crippen LogP contribution in [0.5, 0.6) is 0 Å². The average molecular weight is 269 g/mol. The molecule has 19 heavy (non-hydrogen) atoms. The number of carboxylic acid groups (broad SMARTS) is 1. The number of furan rings is 1. The number of hydrogen-bond donors (Lipinski definition) is 1. The first-order valence-electron chi connectivity index (χ1n) is 5.82. The van der Waals surface area contributed by atoms with Gasteiger partial charge in [0.05, 0.1) is 6.54 Å². The summed E-state index contributed by atoms with van der Waals surface area (Å²) in [5, 5.41) is 8.93. The number of nitrogens with zero attached hydrogens (tertiary/aromatic N) is 1. The van der Waals surface area contributed by atoms with E-state index < -0.39 is 11.6 Å². The maximum atomic E-state index is 12.1. The van der Waals surface area contributed by atoms with Crippen LogP contribution in [-0.2, 0) is 16.1 Å². The molecule has 0 radical (unpaired) electrons. The number of aromatic carboxylic acids is 1. The fourth-order valence-electron chi connectivity index (χ4n) is 1.69. The van der Waals surface area contributed by atoms with Gasteiger partial charge in [-0.15, -0.1) is 0 Å². The average Bonchev–Trinajstić information content (AvgIpc) is 2.69. The van der Waals surface area contributed by atoms with Crippen LogP contribution in [0.4, 0.5) is 0 Å². The van der Waals surface area contributed by atoms with Gasteiger partial charge < -0.3 is 19.2 Å². The first-order valence-corrected chi connectivity index (χ1v) is 5.82. The van der Waals surface area contributed by atoms with Gasteiger partial charge in [0, 0.05) is 14.2 Å². The Morgan fingerprint density at radius 2 is 2.05 bits per heavy atom. The molecule has 0 aromatic carbocycles. The quantitative estimate of drug-likeness (QED) is 0.879. The van der Waals surface area contributed by atoms with Crippen molar-refractivity contribution in [3.05, 3.63) is 23.2 Å². The molecule has 0 aliphatic carbocycles. The minimum Gasteiger partial charge on any atom is -0.478 e. The molecule has 0 saturated carbocycles. The number of carbonyl (C=O) groups excluding carboxylic acids is 1. The Bertz CT molecular complexity index is 489. The van der Waals surface area contributed by atoms with E-state index in [1.54, 1.807) is 27.8 Å². The number of ether oxygens (including phenoxy) is 1. The molecule has 1 amide bonds. The molecule has 0 saturated heterocycles. The molecule has 1 aromatic rings. The maximum absolute atomic E-state index is 12.1. The lowest BCUT2D eigenvalue weighted by molar-refractivity contribution is -0.150. The Kier molecular flexibility index (Phi) is 4.36. The molecule has 1 heterocycles. The van der Waals surface area contributed by atoms with Gasteiger partial charge in [0.15, 0.2) is 0 Å². The minimum atomic E-state index is -1.04. The Hall–Kier alpha value is -1.82. The van der Waals surface area contributed by atoms with E-state index in [1.165, 1.54) is 18.1 Å². The van der Waals surface area contributed by atoms with E-state index in [4.69, 9.17) is 14.3 Å². The molecule has 0 fully saturated rings. The number of carbonyl (C=O) groups is 2. The summed E-state index contributed by atoms with van der Waals surface area (Å²) >= 11 is 0. The highest BCUT2D eigenvalue weighted by atomic mass is 16.5. The smallest absolute Gasteiger partial charge is 0.339 e. The summed E-state index contributed by atoms with van der Waals surface area (Å²) in [4.78, 5) is 24.4. The van der Waals surface area contributed by atoms with E-state index in [0.29, 0.717) is 11.5 Å². The van der Waals surface area contributed by atoms with E-state index in [9.17, 15) is 9.59 Å². The van der Waals surface area contributed by atoms with E-state index in [-0.39, 0.29) is 18.0 Å². The van der Waals surface area contributed by atoms with Gasteiger partial charge in [-0.2, -0.15) is 0 Å². The molecule has 6 nitrogen and oxygen atoms in total. The molecular weight excluding hydrogens is 250 g/mol. The predicted octanol–water partition coefficient (Wildman–Crippen LogP) is 1.67. The monoisotopic (exact) mass is 269 g/mol. The second kappa shape index (κ2) is 5.44. The lowest BCUT2D eigenvalue weighted by Crippen LogP contribution is -2.44. The first kappa shape index (κ1) is 15.2. The zero-order valence-electron chi connectivity index (χ0n) is 11.8. The van der Waals surface area contributed by atoms with Crippen molar-refractivity contribution in [3.8, 4) is 0 Å². The van der Waals surface area contributed by atoms with Crippen LogP contribution in [0.2, 0.25) is 0 Å². The first-order chi connectivity index (χ1) is 8.69. The van der Waals surface area contributed by atoms with Gasteiger partial charge in [-0.3, -0.25) is 4.79 Å². The minimum absolute atomic E-state index is 0.113. The Morgan fingerprint density at radius 3 is 2.47 bits per heavy atom. The highest BCUT2D eigenvalue weighted by molar-refractivity contribution is 5.89. The van der Waals surface area contributed by atoms with Crippen molar-refractivity contribution in [2.45, 2.75) is 32.9 Å². The van der Waals surface area contributed by atoms with Gasteiger partial charge in [-0.25, -0.2) is 4.79 Å². The fourth-order valence-corrected chi connectivity index (χ4v) is 1.69. The van der Waals surface area contributed by atoms with E-state index in [0.717, 1.165) is 0 Å². The van der Waals surface area contributed by atoms with Crippen molar-refractivity contribution < 1.29 is 23.8 Å². The third kappa shape index (κ3) is 3.35. The standard InChI is InChI=1S/C13H19NO5/c1-8-10(11(15)16)6-9(19-8)7-14(4)12(17)13(2,3)18-5/h6H,7H2,1-5H3,(H,15,16). The molecule has 1 aromatic heterocycles. The van der Waals surface area contributed by atoms with Crippen LogP contribution in [-0.4, -0.2) is 41.6 Å². The van der Waals surface area contributed by atoms with Crippen molar-refractivity contribution in [2.75, 3.05) is 14.2 Å². The molecule has 6 heteroatoms. The van der Waals surface area contributed by atoms with Crippen LogP contribution < -0.4 is 0 Å². The number of amides is 1. The summed E-state index contributed by atoms with van der Waals surface area (Å²) in [6.45, 7) is 5.11. The molecule has 0 atom stereocenters. The van der Waals surface area contributed by atoms with Crippen molar-refractivity contribution in [2.24, 2.45) is 0 Å². The van der Waals surface area contributed by atoms with Crippen LogP contribution >= 0.6 is 0 Å². The number of hydrogen-bond acceptors (Lipinski definition) is 4. The molecule has 1 N–H and O–H groups in total. The van der Waals surface area contributed by atoms with Crippen molar-refractivity contribution in [1.29, 1.82) is 0 Å². The lowest BCUT2D eigenvalue weighted by Gasteiger charge is -2.27. The number of aryl methyl sites for hydroxylation is 1. The lowest BCUT2D eigenvalue weighted by atomic mass is 10.1. The predicted molar refractivity (Wildman–Crippen MR) is 68.0 cm³/mol. The van der Waals surface area contributed by atoms with Gasteiger partial charge in [0.2, 0.25) is 0 Å². The molecule has 1 rings (SSSR count). The second-order valence-electron chi connectivity index (χ2n) is 4.86. The van der Waals surface area contributed by atoms with Crippen molar-refractivity contribution >= 4 is 11.9 Å². The fraction of sp³-hybridized carbons (Fsp3) is 0.538. The van der Waals surface area contributed by atoms with Crippen LogP contribution in [0.25, 0.3) is 0 Å². The maximum Gasteiger partial charge on any atom is 0.339 e. The Balaban J connectivity index is 2.83. The largest absolute Gasteiger partial charge is 0.478 e. The summed E-state index contributed by atoms with van der Waals surface area (Å²) in [6.07, 6.45) is 0. The van der Waals surface area contributed by atoms with Crippen molar-refractivity contribution in [3.63, 3.8) is 0 Å². The Labute approximate surface area is 112 Å². The molecule has 0 bridgehead atoms. The topological polar surface area (TPSA) is 80.0 Å². The van der Waals surface area contributed by atoms with Crippen LogP contribution in [0.3, 0.4) is 0 Å². The molecule has 0 aliphatic heterocycles. The number of carboxylic acids is 1. The third-order valence-corrected chi connectivity index (χ3v) is 2.96. The van der Waals surface area contributed by atoms with Gasteiger partial charge in [0.1, 0.15) is 22.7 Å². The summed E-state index contributed by atoms with van der Waals surface area (Å²) in [7, 11) is 3.08. The summed E-state index contributed by atoms with van der Waals surface area (Å²) < 4.78 is 10.4. The second-order valence-corrected chi connectivity index (χ2v) is 4.86. The van der Waals surface area contributed by atoms with Gasteiger partial charge >= 0.3 is 5.97 Å². The van der Waals surface area contributed by atoms with Gasteiger partial charge in [-0.1, -0.05) is 0 Å². The van der Waals surface area contributed by atoms with E-state index in [2.05, 4.69) is 0 Å². The molecular formula is C13H19NO5. The zero-order chi connectivity index (χ0) is 14.8. The highest BCUT2D eigenvalue weighted by Crippen LogP contribution is 2.18. The molecule has 0 aliphatic rings. The van der Waals surface area contributed by atoms with E-state index >= 15 is 0 Å². The van der Waals surface area contributed by atoms with Crippen molar-refractivity contribution in [1.82, 2.24) is 4.90 Å². The Morgan fingerprint density at radius 1 is 1.47 bits per heavy atom. The summed E-state index contributed by atoms with van der Waals surface area (Å²) in [5.74, 6) is -0.494. The van der Waals surface area contributed by atoms with Gasteiger partial charge in [-0.05, 0) is 26.8 Å². The normalized spacial score (nSPS) is 11.4. The van der Waals surface area contributed by atoms with Crippen LogP contribution in [0.1, 0.15) is 35.7 Å². The third-order valence-electron chi connectivity index (χ3n) is 2.96. The summed E-state index contributed by atoms with van der Waals surface area (Å²) in [5.41, 5.74) is -0.812. The molecule has 0 unspecified atom stereocenters. The number of methoxy groups -OCH3 is 1. The zero-order valence-corrected chi connectivity index (χ0v) is 11.8. The van der Waals surface area contributed by atoms with Gasteiger partial charge in [0.25, 0.3) is 5.91 Å². The van der Waals surface area contributed by atoms with E-state index in [1.807, 2.05) is 0 Å². The number of likely N-dealkylation sites (N-methyl/N-ethyl adjacent to an activating group) is 1. The van der Waals surface area contributed by atoms with Crippen LogP contribution in [0.15, 0.2) is 10.5 Å².